The van der Waals surface area contributed by atoms with Crippen LogP contribution in [0.2, 0.25) is 0 Å². The first-order chi connectivity index (χ1) is 57.7. The lowest BCUT2D eigenvalue weighted by Gasteiger charge is -2.51. The van der Waals surface area contributed by atoms with E-state index in [0.29, 0.717) is 0 Å². The van der Waals surface area contributed by atoms with Gasteiger partial charge in [-0.05, 0) is 6.92 Å². The Labute approximate surface area is 691 Å². The number of ether oxygens (including phenoxy) is 19. The van der Waals surface area contributed by atoms with Crippen molar-refractivity contribution in [3.63, 3.8) is 0 Å². The van der Waals surface area contributed by atoms with E-state index in [1.165, 1.54) is 6.92 Å². The van der Waals surface area contributed by atoms with Crippen LogP contribution < -0.4 is 21.3 Å². The Morgan fingerprint density at radius 2 is 0.516 bits per heavy atom. The van der Waals surface area contributed by atoms with Crippen LogP contribution >= 0.6 is 0 Å². The number of hydrogen-bond acceptors (Lipinski definition) is 50. The summed E-state index contributed by atoms with van der Waals surface area (Å²) < 4.78 is 113. The second-order valence-corrected chi connectivity index (χ2v) is 31.0. The van der Waals surface area contributed by atoms with Gasteiger partial charge in [-0.15, -0.1) is 0 Å². The average Bonchev–Trinajstić information content (AvgIpc) is 0.823. The lowest BCUT2D eigenvalue weighted by Crippen LogP contribution is -2.71. The van der Waals surface area contributed by atoms with Crippen molar-refractivity contribution in [1.29, 1.82) is 0 Å². The number of carbonyl (C=O) groups excluding carboxylic acids is 4. The second kappa shape index (κ2) is 43.6. The maximum absolute atomic E-state index is 13.3. The molecule has 0 aromatic rings. The van der Waals surface area contributed by atoms with Gasteiger partial charge in [0.1, 0.15) is 238 Å². The minimum absolute atomic E-state index is 0.848. The van der Waals surface area contributed by atoms with Crippen LogP contribution in [0.4, 0.5) is 0 Å². The van der Waals surface area contributed by atoms with Crippen LogP contribution in [0.3, 0.4) is 0 Å². The van der Waals surface area contributed by atoms with E-state index in [-0.39, 0.29) is 0 Å². The number of hydrogen-bond donors (Lipinski definition) is 31. The van der Waals surface area contributed by atoms with Crippen LogP contribution in [0.15, 0.2) is 0 Å². The number of aliphatic hydroxyl groups excluding tert-OH is 27. The van der Waals surface area contributed by atoms with Gasteiger partial charge in [0.25, 0.3) is 0 Å². The smallest absolute Gasteiger partial charge is 0.217 e. The first kappa shape index (κ1) is 100. The van der Waals surface area contributed by atoms with Crippen molar-refractivity contribution in [2.75, 3.05) is 59.5 Å². The summed E-state index contributed by atoms with van der Waals surface area (Å²) in [6.45, 7) is -4.95. The fourth-order valence-electron chi connectivity index (χ4n) is 15.8. The summed E-state index contributed by atoms with van der Waals surface area (Å²) in [6.07, 6.45) is -96.2. The molecule has 0 radical (unpaired) electrons. The number of rotatable bonds is 31. The Balaban J connectivity index is 1.00. The largest absolute Gasteiger partial charge is 0.394 e. The summed E-state index contributed by atoms with van der Waals surface area (Å²) in [5, 5.41) is 311. The predicted molar refractivity (Wildman–Crippen MR) is 375 cm³/mol. The van der Waals surface area contributed by atoms with Gasteiger partial charge in [0.15, 0.2) is 62.9 Å². The van der Waals surface area contributed by atoms with E-state index in [1.54, 1.807) is 0 Å². The molecular formula is C68H114N4O50. The molecule has 50 atom stereocenters. The van der Waals surface area contributed by atoms with Crippen molar-refractivity contribution < 1.29 is 247 Å². The van der Waals surface area contributed by atoms with Gasteiger partial charge < -0.3 is 249 Å². The summed E-state index contributed by atoms with van der Waals surface area (Å²) in [4.78, 5) is 51.9. The van der Waals surface area contributed by atoms with E-state index in [4.69, 9.17) is 90.0 Å². The maximum Gasteiger partial charge on any atom is 0.217 e. The molecule has 0 unspecified atom stereocenters. The zero-order valence-electron chi connectivity index (χ0n) is 65.7. The van der Waals surface area contributed by atoms with E-state index >= 15 is 0 Å². The van der Waals surface area contributed by atoms with E-state index in [0.717, 1.165) is 27.7 Å². The van der Waals surface area contributed by atoms with Gasteiger partial charge >= 0.3 is 0 Å². The van der Waals surface area contributed by atoms with Gasteiger partial charge in [-0.2, -0.15) is 0 Å². The molecule has 10 rings (SSSR count). The quantitative estimate of drug-likeness (QED) is 0.0306. The third kappa shape index (κ3) is 22.0. The summed E-state index contributed by atoms with van der Waals surface area (Å²) in [6, 6.07) is -7.69. The molecule has 31 N–H and O–H groups in total. The minimum Gasteiger partial charge on any atom is -0.394 e. The zero-order valence-corrected chi connectivity index (χ0v) is 65.7. The Kier molecular flexibility index (Phi) is 35.8. The third-order valence-electron chi connectivity index (χ3n) is 22.4. The summed E-state index contributed by atoms with van der Waals surface area (Å²) in [7, 11) is 0. The molecule has 4 amide bonds. The lowest BCUT2D eigenvalue weighted by atomic mass is 9.93. The van der Waals surface area contributed by atoms with Crippen LogP contribution in [-0.4, -0.2) is 528 Å². The molecule has 0 spiro atoms. The minimum atomic E-state index is -2.64. The van der Waals surface area contributed by atoms with Gasteiger partial charge in [0, 0.05) is 27.7 Å². The number of nitrogens with one attached hydrogen (secondary N) is 4. The maximum atomic E-state index is 13.3. The van der Waals surface area contributed by atoms with Crippen molar-refractivity contribution in [3.8, 4) is 0 Å². The van der Waals surface area contributed by atoms with Crippen LogP contribution in [0.5, 0.6) is 0 Å². The van der Waals surface area contributed by atoms with Crippen molar-refractivity contribution in [3.05, 3.63) is 0 Å². The predicted octanol–water partition coefficient (Wildman–Crippen LogP) is -21.2. The summed E-state index contributed by atoms with van der Waals surface area (Å²) >= 11 is 0. The fourth-order valence-corrected chi connectivity index (χ4v) is 15.8. The highest BCUT2D eigenvalue weighted by atomic mass is 16.8. The number of amides is 4. The van der Waals surface area contributed by atoms with Crippen LogP contribution in [0, 0.1) is 0 Å². The molecule has 10 saturated heterocycles. The topological polar surface area (TPSA) is 838 Å². The molecule has 122 heavy (non-hydrogen) atoms. The van der Waals surface area contributed by atoms with E-state index in [9.17, 15) is 157 Å². The first-order valence-electron chi connectivity index (χ1n) is 39.0. The fraction of sp³-hybridized carbons (Fsp3) is 0.941. The highest BCUT2D eigenvalue weighted by Crippen LogP contribution is 2.41. The van der Waals surface area contributed by atoms with Crippen molar-refractivity contribution in [1.82, 2.24) is 21.3 Å². The number of carbonyl (C=O) groups is 4. The SMILES string of the molecule is CC(=O)N[C@@H]1[C@@H](O)[C@H](O[C@@H]2O[C@H](CO)[C@@H](O[C@@H]3O[C@H](CO[C@H]4O[C@H](CO)[C@@H](O)[C@H](O)[C@@H]4O[C@@H]4O[C@H](CO)[C@@H](O)[C@H](O[C@@H]5O[C@H](CO)[C@H](O)[C@H](O)[C@H]5O)[C@H]4NC(C)=O)[C@@H](O)[C@H](O[C@H]4O[C@H](CO)[C@@H](O)[C@H](O)[C@@H]4O[C@@H]4O[C@H](CO)[C@@H](O)[C@H](O[C@@H]5O[C@H](CO)[C@H](O)[C@H](O)[C@H]5O)[C@H]4NC(C)=O)[C@@H]3O)[C@H](O)[C@H]2NC(C)=O)[C@@H](CO[C@@H]2O[C@@H](C)[C@@H](O)[C@@H](O)[C@@H]2O)O[C@H]1O. The molecule has 10 heterocycles. The second-order valence-electron chi connectivity index (χ2n) is 31.0. The van der Waals surface area contributed by atoms with Crippen LogP contribution in [-0.2, 0) is 109 Å². The third-order valence-corrected chi connectivity index (χ3v) is 22.4. The Bertz CT molecular complexity index is 3290. The summed E-state index contributed by atoms with van der Waals surface area (Å²) in [5.74, 6) is -3.79. The molecule has 706 valence electrons. The van der Waals surface area contributed by atoms with Crippen molar-refractivity contribution in [2.24, 2.45) is 0 Å². The van der Waals surface area contributed by atoms with Gasteiger partial charge in [0.05, 0.1) is 65.6 Å². The van der Waals surface area contributed by atoms with Gasteiger partial charge in [-0.1, -0.05) is 0 Å². The normalized spacial score (nSPS) is 49.7. The lowest BCUT2D eigenvalue weighted by molar-refractivity contribution is -0.399. The highest BCUT2D eigenvalue weighted by molar-refractivity contribution is 5.74. The van der Waals surface area contributed by atoms with Gasteiger partial charge in [0.2, 0.25) is 23.6 Å². The van der Waals surface area contributed by atoms with Crippen molar-refractivity contribution >= 4 is 23.6 Å². The monoisotopic (exact) mass is 1790 g/mol. The molecule has 54 heteroatoms. The molecule has 10 fully saturated rings. The van der Waals surface area contributed by atoms with Gasteiger partial charge in [-0.25, -0.2) is 0 Å². The van der Waals surface area contributed by atoms with Crippen molar-refractivity contribution in [2.45, 2.75) is 341 Å². The van der Waals surface area contributed by atoms with Gasteiger partial charge in [-0.3, -0.25) is 19.2 Å². The van der Waals surface area contributed by atoms with E-state index < -0.39 is 390 Å². The molecule has 54 nitrogen and oxygen atoms in total. The average molecular weight is 1790 g/mol. The molecule has 0 bridgehead atoms. The van der Waals surface area contributed by atoms with Crippen LogP contribution in [0.1, 0.15) is 34.6 Å². The molecule has 0 aliphatic carbocycles. The molecule has 10 aliphatic rings. The molecular weight excluding hydrogens is 1670 g/mol. The first-order valence-corrected chi connectivity index (χ1v) is 39.0. The molecule has 0 aromatic carbocycles. The molecule has 0 aromatic heterocycles. The standard InChI is InChI=1S/C68H114N4O50/c1-15-33(84)43(94)48(99)63(106-15)104-14-28-53(41(92)29(59(103)107-28)69-16(2)80)116-60-30(70-17(3)81)42(93)52(26(12-79)114-60)117-66-51(102)56(120-68-58(47(98)37(88)23(9-76)113-68)122-62-32(72-19(5)83)55(39(90)25(11-78)109-62)119-65-50(101)45(96)35(86)21(7-74)111-65)40(91)27(115-66)13-105-67-57(46(97)36(87)22(8-75)112-67)121-61-31(71-18(4)82)54(38(89)24(10-77)108-61)118-64-49(100)44(95)34(85)20(6-73)110-64/h15,20-68,73-79,84-103H,6-14H2,1-5H3,(H,69,80)(H,70,81)(H,71,82)(H,72,83)/t15-,20+,21+,22+,23+,24+,25+,26+,27+,28+,29+,30+,31+,32+,33+,34-,35-,36+,37+,38+,39+,40+,41+,42+,43+,44-,45-,46-,47-,48-,49+,50+,51-,52+,53+,54+,55+,56-,57-,58-,59+,60-,61-,62-,63+,64-,65-,66-,67-,68+/m0/s1. The Morgan fingerprint density at radius 3 is 0.975 bits per heavy atom. The zero-order chi connectivity index (χ0) is 89.8. The van der Waals surface area contributed by atoms with E-state index in [2.05, 4.69) is 21.3 Å². The van der Waals surface area contributed by atoms with E-state index in [1.807, 2.05) is 0 Å². The molecule has 0 saturated carbocycles. The van der Waals surface area contributed by atoms with Crippen LogP contribution in [0.25, 0.3) is 0 Å². The number of aliphatic hydroxyl groups is 27. The molecule has 10 aliphatic heterocycles. The Hall–Kier alpha value is -3.96. The summed E-state index contributed by atoms with van der Waals surface area (Å²) in [5.41, 5.74) is 0. The Morgan fingerprint density at radius 1 is 0.230 bits per heavy atom. The highest BCUT2D eigenvalue weighted by Gasteiger charge is 2.62.